The molecular weight excluding hydrogens is 246 g/mol. The molecule has 0 saturated heterocycles. The fourth-order valence-corrected chi connectivity index (χ4v) is 2.80. The van der Waals surface area contributed by atoms with E-state index in [9.17, 15) is 14.7 Å². The van der Waals surface area contributed by atoms with Crippen molar-refractivity contribution in [1.82, 2.24) is 5.32 Å². The van der Waals surface area contributed by atoms with Crippen LogP contribution in [0.4, 0.5) is 0 Å². The first-order valence-corrected chi connectivity index (χ1v) is 6.53. The van der Waals surface area contributed by atoms with Crippen LogP contribution < -0.4 is 5.32 Å². The number of furan rings is 1. The number of carbonyl (C=O) groups is 2. The van der Waals surface area contributed by atoms with Crippen LogP contribution in [0.1, 0.15) is 48.7 Å². The Morgan fingerprint density at radius 1 is 1.47 bits per heavy atom. The Balaban J connectivity index is 2.17. The Morgan fingerprint density at radius 3 is 2.79 bits per heavy atom. The van der Waals surface area contributed by atoms with Gasteiger partial charge in [-0.1, -0.05) is 12.8 Å². The van der Waals surface area contributed by atoms with Crippen molar-refractivity contribution in [3.8, 4) is 0 Å². The molecule has 2 unspecified atom stereocenters. The number of nitrogens with one attached hydrogen (secondary N) is 1. The molecule has 0 aromatic carbocycles. The van der Waals surface area contributed by atoms with Crippen molar-refractivity contribution in [3.05, 3.63) is 23.7 Å². The van der Waals surface area contributed by atoms with Crippen molar-refractivity contribution in [2.24, 2.45) is 5.92 Å². The fraction of sp³-hybridized carbons (Fsp3) is 0.571. The summed E-state index contributed by atoms with van der Waals surface area (Å²) >= 11 is 0. The van der Waals surface area contributed by atoms with Crippen molar-refractivity contribution in [2.75, 3.05) is 0 Å². The van der Waals surface area contributed by atoms with Crippen LogP contribution in [-0.4, -0.2) is 22.5 Å². The average Bonchev–Trinajstić information content (AvgIpc) is 2.75. The van der Waals surface area contributed by atoms with Gasteiger partial charge in [0.15, 0.2) is 5.76 Å². The van der Waals surface area contributed by atoms with Crippen molar-refractivity contribution in [2.45, 2.75) is 45.1 Å². The lowest BCUT2D eigenvalue weighted by Gasteiger charge is -2.39. The van der Waals surface area contributed by atoms with Gasteiger partial charge in [0.05, 0.1) is 17.7 Å². The van der Waals surface area contributed by atoms with E-state index in [1.54, 1.807) is 19.9 Å². The quantitative estimate of drug-likeness (QED) is 0.879. The summed E-state index contributed by atoms with van der Waals surface area (Å²) in [5.74, 6) is -1.46. The van der Waals surface area contributed by atoms with Gasteiger partial charge in [0.25, 0.3) is 5.91 Å². The monoisotopic (exact) mass is 265 g/mol. The highest BCUT2D eigenvalue weighted by molar-refractivity contribution is 5.93. The van der Waals surface area contributed by atoms with Crippen LogP contribution >= 0.6 is 0 Å². The fourth-order valence-electron chi connectivity index (χ4n) is 2.80. The molecule has 0 spiro atoms. The second kappa shape index (κ2) is 5.07. The number of carboxylic acid groups (broad SMARTS) is 1. The van der Waals surface area contributed by atoms with Crippen LogP contribution in [0.25, 0.3) is 0 Å². The molecule has 0 aliphatic heterocycles. The zero-order valence-corrected chi connectivity index (χ0v) is 11.2. The summed E-state index contributed by atoms with van der Waals surface area (Å²) in [6.45, 7) is 3.59. The summed E-state index contributed by atoms with van der Waals surface area (Å²) < 4.78 is 5.15. The number of amides is 1. The molecule has 2 atom stereocenters. The van der Waals surface area contributed by atoms with Crippen LogP contribution in [0.2, 0.25) is 0 Å². The maximum atomic E-state index is 12.2. The predicted octanol–water partition coefficient (Wildman–Crippen LogP) is 2.35. The zero-order valence-electron chi connectivity index (χ0n) is 11.2. The first-order valence-electron chi connectivity index (χ1n) is 6.53. The Hall–Kier alpha value is -1.78. The number of aryl methyl sites for hydroxylation is 1. The van der Waals surface area contributed by atoms with Crippen LogP contribution in [-0.2, 0) is 4.79 Å². The molecule has 0 radical (unpaired) electrons. The number of hydrogen-bond acceptors (Lipinski definition) is 3. The van der Waals surface area contributed by atoms with Crippen LogP contribution in [0.5, 0.6) is 0 Å². The molecule has 5 nitrogen and oxygen atoms in total. The number of rotatable bonds is 3. The van der Waals surface area contributed by atoms with Gasteiger partial charge < -0.3 is 14.8 Å². The standard InChI is InChI=1S/C14H19NO4/c1-9-6-8-19-11(9)12(16)15-14(2)7-4-3-5-10(14)13(17)18/h6,8,10H,3-5,7H2,1-2H3,(H,15,16)(H,17,18). The first kappa shape index (κ1) is 13.6. The minimum absolute atomic E-state index is 0.260. The molecule has 1 aliphatic rings. The summed E-state index contributed by atoms with van der Waals surface area (Å²) in [5, 5.41) is 12.2. The van der Waals surface area contributed by atoms with Crippen molar-refractivity contribution in [3.63, 3.8) is 0 Å². The Bertz CT molecular complexity index is 493. The van der Waals surface area contributed by atoms with Gasteiger partial charge in [-0.3, -0.25) is 9.59 Å². The van der Waals surface area contributed by atoms with E-state index in [2.05, 4.69) is 5.32 Å². The Labute approximate surface area is 112 Å². The summed E-state index contributed by atoms with van der Waals surface area (Å²) in [6.07, 6.45) is 4.56. The van der Waals surface area contributed by atoms with E-state index in [4.69, 9.17) is 4.42 Å². The minimum atomic E-state index is -0.848. The van der Waals surface area contributed by atoms with E-state index < -0.39 is 17.4 Å². The summed E-state index contributed by atoms with van der Waals surface area (Å²) in [5.41, 5.74) is 0.0456. The summed E-state index contributed by atoms with van der Waals surface area (Å²) in [4.78, 5) is 23.5. The number of carbonyl (C=O) groups excluding carboxylic acids is 1. The molecule has 1 saturated carbocycles. The third-order valence-corrected chi connectivity index (χ3v) is 3.97. The molecule has 1 aromatic rings. The molecule has 2 rings (SSSR count). The zero-order chi connectivity index (χ0) is 14.0. The summed E-state index contributed by atoms with van der Waals surface area (Å²) in [6, 6.07) is 1.72. The normalized spacial score (nSPS) is 26.9. The molecule has 0 bridgehead atoms. The van der Waals surface area contributed by atoms with Gasteiger partial charge >= 0.3 is 5.97 Å². The van der Waals surface area contributed by atoms with E-state index in [0.717, 1.165) is 18.4 Å². The maximum Gasteiger partial charge on any atom is 0.308 e. The molecule has 1 aliphatic carbocycles. The SMILES string of the molecule is Cc1ccoc1C(=O)NC1(C)CCCCC1C(=O)O. The highest BCUT2D eigenvalue weighted by atomic mass is 16.4. The van der Waals surface area contributed by atoms with Gasteiger partial charge in [0.1, 0.15) is 0 Å². The second-order valence-electron chi connectivity index (χ2n) is 5.44. The third kappa shape index (κ3) is 2.64. The van der Waals surface area contributed by atoms with E-state index in [1.807, 2.05) is 0 Å². The topological polar surface area (TPSA) is 79.5 Å². The lowest BCUT2D eigenvalue weighted by molar-refractivity contribution is -0.145. The van der Waals surface area contributed by atoms with E-state index in [-0.39, 0.29) is 11.7 Å². The molecule has 5 heteroatoms. The van der Waals surface area contributed by atoms with Gasteiger partial charge in [-0.15, -0.1) is 0 Å². The van der Waals surface area contributed by atoms with Crippen LogP contribution in [0.3, 0.4) is 0 Å². The largest absolute Gasteiger partial charge is 0.481 e. The molecule has 1 fully saturated rings. The van der Waals surface area contributed by atoms with Crippen molar-refractivity contribution < 1.29 is 19.1 Å². The van der Waals surface area contributed by atoms with E-state index >= 15 is 0 Å². The maximum absolute atomic E-state index is 12.2. The molecular formula is C14H19NO4. The van der Waals surface area contributed by atoms with Crippen molar-refractivity contribution >= 4 is 11.9 Å². The van der Waals surface area contributed by atoms with Gasteiger partial charge in [0, 0.05) is 5.56 Å². The van der Waals surface area contributed by atoms with Crippen molar-refractivity contribution in [1.29, 1.82) is 0 Å². The molecule has 104 valence electrons. The molecule has 1 amide bonds. The molecule has 1 aromatic heterocycles. The Kier molecular flexibility index (Phi) is 3.64. The van der Waals surface area contributed by atoms with Gasteiger partial charge in [-0.25, -0.2) is 0 Å². The van der Waals surface area contributed by atoms with Gasteiger partial charge in [-0.05, 0) is 32.8 Å². The number of aliphatic carboxylic acids is 1. The lowest BCUT2D eigenvalue weighted by Crippen LogP contribution is -2.55. The molecule has 1 heterocycles. The van der Waals surface area contributed by atoms with Crippen LogP contribution in [0, 0.1) is 12.8 Å². The first-order chi connectivity index (χ1) is 8.94. The third-order valence-electron chi connectivity index (χ3n) is 3.97. The Morgan fingerprint density at radius 2 is 2.21 bits per heavy atom. The lowest BCUT2D eigenvalue weighted by atomic mass is 9.74. The number of carboxylic acids is 1. The average molecular weight is 265 g/mol. The summed E-state index contributed by atoms with van der Waals surface area (Å²) in [7, 11) is 0. The van der Waals surface area contributed by atoms with E-state index in [1.165, 1.54) is 6.26 Å². The highest BCUT2D eigenvalue weighted by Gasteiger charge is 2.42. The highest BCUT2D eigenvalue weighted by Crippen LogP contribution is 2.34. The van der Waals surface area contributed by atoms with Crippen LogP contribution in [0.15, 0.2) is 16.7 Å². The number of hydrogen-bond donors (Lipinski definition) is 2. The van der Waals surface area contributed by atoms with Gasteiger partial charge in [0.2, 0.25) is 0 Å². The smallest absolute Gasteiger partial charge is 0.308 e. The molecule has 19 heavy (non-hydrogen) atoms. The second-order valence-corrected chi connectivity index (χ2v) is 5.44. The predicted molar refractivity (Wildman–Crippen MR) is 68.9 cm³/mol. The van der Waals surface area contributed by atoms with E-state index in [0.29, 0.717) is 12.8 Å². The van der Waals surface area contributed by atoms with Gasteiger partial charge in [-0.2, -0.15) is 0 Å². The minimum Gasteiger partial charge on any atom is -0.481 e. The molecule has 2 N–H and O–H groups in total.